The summed E-state index contributed by atoms with van der Waals surface area (Å²) in [5.74, 6) is 0.882. The quantitative estimate of drug-likeness (QED) is 0.605. The summed E-state index contributed by atoms with van der Waals surface area (Å²) in [5, 5.41) is 12.8. The molecule has 2 rings (SSSR count). The SMILES string of the molecule is CC(C)C(O)CNc1nc2ccc(N)cc2[nH]1. The van der Waals surface area contributed by atoms with E-state index in [1.807, 2.05) is 32.0 Å². The molecule has 0 saturated carbocycles. The van der Waals surface area contributed by atoms with Crippen LogP contribution in [0.15, 0.2) is 18.2 Å². The molecule has 1 aromatic carbocycles. The molecular formula is C12H18N4O. The summed E-state index contributed by atoms with van der Waals surface area (Å²) < 4.78 is 0. The van der Waals surface area contributed by atoms with E-state index in [4.69, 9.17) is 5.73 Å². The first-order valence-electron chi connectivity index (χ1n) is 5.73. The molecule has 0 aliphatic carbocycles. The van der Waals surface area contributed by atoms with Crippen LogP contribution in [-0.4, -0.2) is 27.7 Å². The van der Waals surface area contributed by atoms with Crippen molar-refractivity contribution in [1.29, 1.82) is 0 Å². The molecule has 0 amide bonds. The van der Waals surface area contributed by atoms with E-state index in [0.717, 1.165) is 11.0 Å². The monoisotopic (exact) mass is 234 g/mol. The van der Waals surface area contributed by atoms with E-state index >= 15 is 0 Å². The molecule has 0 saturated heterocycles. The molecule has 0 radical (unpaired) electrons. The Morgan fingerprint density at radius 1 is 1.47 bits per heavy atom. The highest BCUT2D eigenvalue weighted by Gasteiger charge is 2.09. The molecule has 1 heterocycles. The average molecular weight is 234 g/mol. The number of hydrogen-bond donors (Lipinski definition) is 4. The van der Waals surface area contributed by atoms with Crippen LogP contribution in [0.3, 0.4) is 0 Å². The van der Waals surface area contributed by atoms with Gasteiger partial charge in [-0.2, -0.15) is 0 Å². The van der Waals surface area contributed by atoms with Crippen LogP contribution >= 0.6 is 0 Å². The number of fused-ring (bicyclic) bond motifs is 1. The third-order valence-electron chi connectivity index (χ3n) is 2.75. The van der Waals surface area contributed by atoms with E-state index in [-0.39, 0.29) is 12.0 Å². The zero-order valence-electron chi connectivity index (χ0n) is 10.1. The molecular weight excluding hydrogens is 216 g/mol. The average Bonchev–Trinajstić information content (AvgIpc) is 2.67. The molecule has 5 heteroatoms. The van der Waals surface area contributed by atoms with Crippen molar-refractivity contribution >= 4 is 22.7 Å². The minimum absolute atomic E-state index is 0.225. The maximum atomic E-state index is 9.68. The third kappa shape index (κ3) is 2.68. The highest BCUT2D eigenvalue weighted by atomic mass is 16.3. The predicted octanol–water partition coefficient (Wildman–Crippen LogP) is 1.57. The fourth-order valence-corrected chi connectivity index (χ4v) is 1.55. The Balaban J connectivity index is 2.09. The van der Waals surface area contributed by atoms with Gasteiger partial charge in [-0.25, -0.2) is 4.98 Å². The zero-order valence-corrected chi connectivity index (χ0v) is 10.1. The standard InChI is InChI=1S/C12H18N4O/c1-7(2)11(17)6-14-12-15-9-4-3-8(13)5-10(9)16-12/h3-5,7,11,17H,6,13H2,1-2H3,(H2,14,15,16). The lowest BCUT2D eigenvalue weighted by Crippen LogP contribution is -2.25. The van der Waals surface area contributed by atoms with Gasteiger partial charge in [0.05, 0.1) is 17.1 Å². The fraction of sp³-hybridized carbons (Fsp3) is 0.417. The summed E-state index contributed by atoms with van der Waals surface area (Å²) in [7, 11) is 0. The molecule has 0 fully saturated rings. The maximum Gasteiger partial charge on any atom is 0.201 e. The Bertz CT molecular complexity index is 506. The summed E-state index contributed by atoms with van der Waals surface area (Å²) >= 11 is 0. The molecule has 0 aliphatic heterocycles. The number of anilines is 2. The number of nitrogens with one attached hydrogen (secondary N) is 2. The lowest BCUT2D eigenvalue weighted by molar-refractivity contribution is 0.137. The molecule has 5 nitrogen and oxygen atoms in total. The van der Waals surface area contributed by atoms with E-state index in [0.29, 0.717) is 18.2 Å². The first-order valence-corrected chi connectivity index (χ1v) is 5.73. The highest BCUT2D eigenvalue weighted by molar-refractivity contribution is 5.80. The lowest BCUT2D eigenvalue weighted by atomic mass is 10.1. The summed E-state index contributed by atoms with van der Waals surface area (Å²) in [5.41, 5.74) is 8.15. The van der Waals surface area contributed by atoms with Crippen LogP contribution in [0.4, 0.5) is 11.6 Å². The van der Waals surface area contributed by atoms with Crippen molar-refractivity contribution in [3.05, 3.63) is 18.2 Å². The smallest absolute Gasteiger partial charge is 0.201 e. The maximum absolute atomic E-state index is 9.68. The number of aliphatic hydroxyl groups excluding tert-OH is 1. The molecule has 0 bridgehead atoms. The van der Waals surface area contributed by atoms with Gasteiger partial charge in [0.2, 0.25) is 5.95 Å². The van der Waals surface area contributed by atoms with Gasteiger partial charge in [0.25, 0.3) is 0 Å². The Kier molecular flexibility index (Phi) is 3.19. The zero-order chi connectivity index (χ0) is 12.4. The topological polar surface area (TPSA) is 87.0 Å². The number of aliphatic hydroxyl groups is 1. The van der Waals surface area contributed by atoms with Gasteiger partial charge in [-0.05, 0) is 24.1 Å². The molecule has 17 heavy (non-hydrogen) atoms. The highest BCUT2D eigenvalue weighted by Crippen LogP contribution is 2.17. The van der Waals surface area contributed by atoms with Gasteiger partial charge in [-0.15, -0.1) is 0 Å². The molecule has 5 N–H and O–H groups in total. The first kappa shape index (κ1) is 11.7. The van der Waals surface area contributed by atoms with Crippen LogP contribution in [0.2, 0.25) is 0 Å². The number of benzene rings is 1. The molecule has 1 atom stereocenters. The van der Waals surface area contributed by atoms with E-state index in [1.54, 1.807) is 0 Å². The van der Waals surface area contributed by atoms with Crippen LogP contribution in [0.25, 0.3) is 11.0 Å². The number of rotatable bonds is 4. The van der Waals surface area contributed by atoms with Crippen LogP contribution in [0, 0.1) is 5.92 Å². The van der Waals surface area contributed by atoms with E-state index in [1.165, 1.54) is 0 Å². The molecule has 1 unspecified atom stereocenters. The van der Waals surface area contributed by atoms with Crippen molar-refractivity contribution in [2.75, 3.05) is 17.6 Å². The Morgan fingerprint density at radius 3 is 2.94 bits per heavy atom. The van der Waals surface area contributed by atoms with Crippen molar-refractivity contribution in [2.45, 2.75) is 20.0 Å². The normalized spacial score (nSPS) is 13.2. The van der Waals surface area contributed by atoms with Gasteiger partial charge in [-0.1, -0.05) is 13.8 Å². The number of hydrogen-bond acceptors (Lipinski definition) is 4. The van der Waals surface area contributed by atoms with Crippen molar-refractivity contribution in [2.24, 2.45) is 5.92 Å². The van der Waals surface area contributed by atoms with Crippen molar-refractivity contribution in [3.63, 3.8) is 0 Å². The molecule has 2 aromatic rings. The van der Waals surface area contributed by atoms with E-state index in [9.17, 15) is 5.11 Å². The number of nitrogen functional groups attached to an aromatic ring is 1. The summed E-state index contributed by atoms with van der Waals surface area (Å²) in [6.07, 6.45) is -0.381. The van der Waals surface area contributed by atoms with E-state index < -0.39 is 0 Å². The Labute approximate surface area is 100 Å². The molecule has 0 spiro atoms. The lowest BCUT2D eigenvalue weighted by Gasteiger charge is -2.14. The van der Waals surface area contributed by atoms with Crippen LogP contribution in [-0.2, 0) is 0 Å². The van der Waals surface area contributed by atoms with Gasteiger partial charge < -0.3 is 21.1 Å². The molecule has 92 valence electrons. The summed E-state index contributed by atoms with van der Waals surface area (Å²) in [4.78, 5) is 7.47. The van der Waals surface area contributed by atoms with Gasteiger partial charge in [-0.3, -0.25) is 0 Å². The number of aromatic amines is 1. The van der Waals surface area contributed by atoms with Crippen molar-refractivity contribution in [3.8, 4) is 0 Å². The second kappa shape index (κ2) is 4.63. The second-order valence-corrected chi connectivity index (χ2v) is 4.55. The minimum atomic E-state index is -0.381. The first-order chi connectivity index (χ1) is 8.06. The molecule has 0 aliphatic rings. The Hall–Kier alpha value is -1.75. The number of nitrogens with two attached hydrogens (primary N) is 1. The molecule has 1 aromatic heterocycles. The summed E-state index contributed by atoms with van der Waals surface area (Å²) in [6, 6.07) is 5.52. The number of H-pyrrole nitrogens is 1. The number of imidazole rings is 1. The number of aromatic nitrogens is 2. The third-order valence-corrected chi connectivity index (χ3v) is 2.75. The van der Waals surface area contributed by atoms with Gasteiger partial charge in [0.15, 0.2) is 0 Å². The second-order valence-electron chi connectivity index (χ2n) is 4.55. The van der Waals surface area contributed by atoms with Crippen LogP contribution in [0.5, 0.6) is 0 Å². The minimum Gasteiger partial charge on any atom is -0.399 e. The predicted molar refractivity (Wildman–Crippen MR) is 69.8 cm³/mol. The number of nitrogens with zero attached hydrogens (tertiary/aromatic N) is 1. The largest absolute Gasteiger partial charge is 0.399 e. The fourth-order valence-electron chi connectivity index (χ4n) is 1.55. The van der Waals surface area contributed by atoms with Gasteiger partial charge in [0, 0.05) is 12.2 Å². The van der Waals surface area contributed by atoms with Crippen molar-refractivity contribution in [1.82, 2.24) is 9.97 Å². The van der Waals surface area contributed by atoms with Crippen molar-refractivity contribution < 1.29 is 5.11 Å². The van der Waals surface area contributed by atoms with Gasteiger partial charge >= 0.3 is 0 Å². The van der Waals surface area contributed by atoms with Crippen LogP contribution < -0.4 is 11.1 Å². The van der Waals surface area contributed by atoms with Gasteiger partial charge in [0.1, 0.15) is 0 Å². The summed E-state index contributed by atoms with van der Waals surface area (Å²) in [6.45, 7) is 4.43. The van der Waals surface area contributed by atoms with E-state index in [2.05, 4.69) is 15.3 Å². The Morgan fingerprint density at radius 2 is 2.24 bits per heavy atom. The van der Waals surface area contributed by atoms with Crippen LogP contribution in [0.1, 0.15) is 13.8 Å².